The predicted molar refractivity (Wildman–Crippen MR) is 74.2 cm³/mol. The van der Waals surface area contributed by atoms with Crippen LogP contribution in [0.2, 0.25) is 0 Å². The monoisotopic (exact) mass is 300 g/mol. The number of carbonyl (C=O) groups excluding carboxylic acids is 1. The van der Waals surface area contributed by atoms with E-state index in [1.807, 2.05) is 0 Å². The molecule has 0 saturated carbocycles. The highest BCUT2D eigenvalue weighted by Crippen LogP contribution is 2.18. The number of carboxylic acids is 1. The maximum atomic E-state index is 12.0. The van der Waals surface area contributed by atoms with Crippen LogP contribution >= 0.6 is 0 Å². The molecule has 1 amide bonds. The number of aryl methyl sites for hydroxylation is 1. The lowest BCUT2D eigenvalue weighted by atomic mass is 10.1. The van der Waals surface area contributed by atoms with Gasteiger partial charge in [0, 0.05) is 0 Å². The molecule has 0 spiro atoms. The molecule has 1 aromatic rings. The van der Waals surface area contributed by atoms with Gasteiger partial charge in [-0.1, -0.05) is 11.6 Å². The lowest BCUT2D eigenvalue weighted by molar-refractivity contribution is -0.138. The van der Waals surface area contributed by atoms with Crippen LogP contribution in [0, 0.1) is 6.92 Å². The smallest absolute Gasteiger partial charge is 0.325 e. The minimum atomic E-state index is -3.54. The van der Waals surface area contributed by atoms with E-state index in [0.717, 1.165) is 11.8 Å². The van der Waals surface area contributed by atoms with E-state index in [1.54, 1.807) is 13.0 Å². The molecule has 1 rings (SSSR count). The molecule has 110 valence electrons. The summed E-state index contributed by atoms with van der Waals surface area (Å²) >= 11 is 0. The molecule has 0 fully saturated rings. The highest BCUT2D eigenvalue weighted by Gasteiger charge is 2.19. The Bertz CT molecular complexity index is 639. The van der Waals surface area contributed by atoms with E-state index in [2.05, 4.69) is 10.0 Å². The molecule has 0 bridgehead atoms. The van der Waals surface area contributed by atoms with Gasteiger partial charge in [0.1, 0.15) is 6.04 Å². The molecule has 1 aromatic carbocycles. The highest BCUT2D eigenvalue weighted by atomic mass is 32.2. The largest absolute Gasteiger partial charge is 0.480 e. The molecule has 8 heteroatoms. The summed E-state index contributed by atoms with van der Waals surface area (Å²) in [5.41, 5.74) is 0.925. The van der Waals surface area contributed by atoms with Gasteiger partial charge in [0.2, 0.25) is 10.0 Å². The van der Waals surface area contributed by atoms with E-state index >= 15 is 0 Å². The summed E-state index contributed by atoms with van der Waals surface area (Å²) in [5.74, 6) is -1.83. The Kier molecular flexibility index (Phi) is 4.72. The molecule has 1 atom stereocenters. The van der Waals surface area contributed by atoms with Crippen LogP contribution in [0.1, 0.15) is 22.8 Å². The molecule has 0 aromatic heterocycles. The Hall–Kier alpha value is -2.09. The third-order valence-electron chi connectivity index (χ3n) is 2.43. The van der Waals surface area contributed by atoms with E-state index in [-0.39, 0.29) is 11.3 Å². The van der Waals surface area contributed by atoms with Gasteiger partial charge in [-0.25, -0.2) is 8.42 Å². The van der Waals surface area contributed by atoms with Crippen LogP contribution in [-0.2, 0) is 14.8 Å². The number of carboxylic acid groups (broad SMARTS) is 1. The van der Waals surface area contributed by atoms with Crippen LogP contribution in [0.5, 0.6) is 0 Å². The van der Waals surface area contributed by atoms with Crippen molar-refractivity contribution in [3.8, 4) is 0 Å². The minimum absolute atomic E-state index is 0.0727. The van der Waals surface area contributed by atoms with Gasteiger partial charge >= 0.3 is 5.97 Å². The van der Waals surface area contributed by atoms with Crippen LogP contribution in [0.25, 0.3) is 0 Å². The number of carbonyl (C=O) groups is 2. The van der Waals surface area contributed by atoms with Gasteiger partial charge in [-0.05, 0) is 26.0 Å². The zero-order valence-corrected chi connectivity index (χ0v) is 12.1. The van der Waals surface area contributed by atoms with Crippen LogP contribution in [0.15, 0.2) is 18.2 Å². The summed E-state index contributed by atoms with van der Waals surface area (Å²) in [6.45, 7) is 3.06. The molecule has 0 aliphatic heterocycles. The first-order chi connectivity index (χ1) is 9.10. The lowest BCUT2D eigenvalue weighted by Crippen LogP contribution is -2.38. The normalized spacial score (nSPS) is 12.6. The van der Waals surface area contributed by atoms with Crippen LogP contribution in [0.4, 0.5) is 5.69 Å². The third kappa shape index (κ3) is 4.54. The summed E-state index contributed by atoms with van der Waals surface area (Å²) in [6, 6.07) is 3.51. The second-order valence-corrected chi connectivity index (χ2v) is 6.21. The summed E-state index contributed by atoms with van der Waals surface area (Å²) in [6.07, 6.45) is 0.967. The van der Waals surface area contributed by atoms with Gasteiger partial charge in [-0.2, -0.15) is 0 Å². The van der Waals surface area contributed by atoms with Crippen molar-refractivity contribution in [1.29, 1.82) is 0 Å². The average molecular weight is 300 g/mol. The van der Waals surface area contributed by atoms with Crippen LogP contribution < -0.4 is 10.0 Å². The third-order valence-corrected chi connectivity index (χ3v) is 3.02. The number of amides is 1. The zero-order valence-electron chi connectivity index (χ0n) is 11.3. The summed E-state index contributed by atoms with van der Waals surface area (Å²) < 4.78 is 24.7. The Morgan fingerprint density at radius 2 is 1.90 bits per heavy atom. The molecule has 0 saturated heterocycles. The summed E-state index contributed by atoms with van der Waals surface area (Å²) in [5, 5.41) is 11.0. The maximum Gasteiger partial charge on any atom is 0.325 e. The fourth-order valence-corrected chi connectivity index (χ4v) is 2.05. The number of nitrogens with one attached hydrogen (secondary N) is 2. The van der Waals surface area contributed by atoms with Gasteiger partial charge < -0.3 is 10.4 Å². The molecule has 0 unspecified atom stereocenters. The zero-order chi connectivity index (χ0) is 15.5. The Morgan fingerprint density at radius 3 is 2.40 bits per heavy atom. The average Bonchev–Trinajstić information content (AvgIpc) is 2.29. The topological polar surface area (TPSA) is 113 Å². The van der Waals surface area contributed by atoms with Crippen molar-refractivity contribution in [2.75, 3.05) is 11.0 Å². The standard InChI is InChI=1S/C12H16N2O5S/c1-7-4-5-10(14-20(3,18)19)9(6-7)11(15)13-8(2)12(16)17/h4-6,8,14H,1-3H3,(H,13,15)(H,16,17)/t8-/m0/s1. The van der Waals surface area contributed by atoms with E-state index in [0.29, 0.717) is 0 Å². The molecule has 20 heavy (non-hydrogen) atoms. The van der Waals surface area contributed by atoms with Crippen molar-refractivity contribution in [2.45, 2.75) is 19.9 Å². The molecule has 3 N–H and O–H groups in total. The predicted octanol–water partition coefficient (Wildman–Crippen LogP) is 0.569. The van der Waals surface area contributed by atoms with E-state index in [9.17, 15) is 18.0 Å². The molecule has 0 heterocycles. The number of anilines is 1. The summed E-state index contributed by atoms with van der Waals surface area (Å²) in [4.78, 5) is 22.7. The van der Waals surface area contributed by atoms with Crippen molar-refractivity contribution in [2.24, 2.45) is 0 Å². The van der Waals surface area contributed by atoms with Crippen molar-refractivity contribution < 1.29 is 23.1 Å². The van der Waals surface area contributed by atoms with E-state index < -0.39 is 27.9 Å². The fourth-order valence-electron chi connectivity index (χ4n) is 1.47. The van der Waals surface area contributed by atoms with Crippen molar-refractivity contribution >= 4 is 27.6 Å². The van der Waals surface area contributed by atoms with Gasteiger partial charge in [0.05, 0.1) is 17.5 Å². The maximum absolute atomic E-state index is 12.0. The van der Waals surface area contributed by atoms with Crippen LogP contribution in [-0.4, -0.2) is 37.7 Å². The molecule has 0 radical (unpaired) electrons. The molecular weight excluding hydrogens is 284 g/mol. The minimum Gasteiger partial charge on any atom is -0.480 e. The number of benzene rings is 1. The van der Waals surface area contributed by atoms with Gasteiger partial charge in [0.15, 0.2) is 0 Å². The second-order valence-electron chi connectivity index (χ2n) is 4.46. The second kappa shape index (κ2) is 5.91. The van der Waals surface area contributed by atoms with E-state index in [1.165, 1.54) is 19.1 Å². The molecule has 0 aliphatic carbocycles. The number of rotatable bonds is 5. The Labute approximate surface area is 117 Å². The first-order valence-electron chi connectivity index (χ1n) is 5.72. The quantitative estimate of drug-likeness (QED) is 0.736. The first kappa shape index (κ1) is 16.0. The van der Waals surface area contributed by atoms with E-state index in [4.69, 9.17) is 5.11 Å². The fraction of sp³-hybridized carbons (Fsp3) is 0.333. The Morgan fingerprint density at radius 1 is 1.30 bits per heavy atom. The van der Waals surface area contributed by atoms with Gasteiger partial charge in [0.25, 0.3) is 5.91 Å². The van der Waals surface area contributed by atoms with Gasteiger partial charge in [-0.3, -0.25) is 14.3 Å². The Balaban J connectivity index is 3.12. The highest BCUT2D eigenvalue weighted by molar-refractivity contribution is 7.92. The number of hydrogen-bond acceptors (Lipinski definition) is 4. The molecular formula is C12H16N2O5S. The number of aliphatic carboxylic acids is 1. The molecule has 7 nitrogen and oxygen atoms in total. The van der Waals surface area contributed by atoms with Crippen molar-refractivity contribution in [3.05, 3.63) is 29.3 Å². The number of sulfonamides is 1. The van der Waals surface area contributed by atoms with Gasteiger partial charge in [-0.15, -0.1) is 0 Å². The SMILES string of the molecule is Cc1ccc(NS(C)(=O)=O)c(C(=O)N[C@@H](C)C(=O)O)c1. The van der Waals surface area contributed by atoms with Crippen molar-refractivity contribution in [1.82, 2.24) is 5.32 Å². The number of hydrogen-bond donors (Lipinski definition) is 3. The first-order valence-corrected chi connectivity index (χ1v) is 7.61. The summed E-state index contributed by atoms with van der Waals surface area (Å²) in [7, 11) is -3.54. The lowest BCUT2D eigenvalue weighted by Gasteiger charge is -2.14. The van der Waals surface area contributed by atoms with Crippen LogP contribution in [0.3, 0.4) is 0 Å². The van der Waals surface area contributed by atoms with Crippen molar-refractivity contribution in [3.63, 3.8) is 0 Å². The molecule has 0 aliphatic rings.